The summed E-state index contributed by atoms with van der Waals surface area (Å²) in [7, 11) is -0.476. The van der Waals surface area contributed by atoms with Crippen molar-refractivity contribution in [2.75, 3.05) is 38.4 Å². The zero-order chi connectivity index (χ0) is 26.0. The van der Waals surface area contributed by atoms with E-state index in [-0.39, 0.29) is 12.8 Å². The van der Waals surface area contributed by atoms with Crippen LogP contribution in [0.2, 0.25) is 0 Å². The van der Waals surface area contributed by atoms with Crippen molar-refractivity contribution in [1.29, 1.82) is 0 Å². The highest BCUT2D eigenvalue weighted by Gasteiger charge is 2.51. The van der Waals surface area contributed by atoms with E-state index in [0.29, 0.717) is 38.7 Å². The number of carbonyl (C=O) groups is 1. The maximum Gasteiger partial charge on any atom is 0.494 e. The Kier molecular flexibility index (Phi) is 7.07. The molecule has 0 radical (unpaired) electrons. The average Bonchev–Trinajstić information content (AvgIpc) is 3.11. The Morgan fingerprint density at radius 1 is 1.03 bits per heavy atom. The molecule has 2 aliphatic heterocycles. The minimum atomic E-state index is -0.476. The van der Waals surface area contributed by atoms with Crippen LogP contribution in [-0.2, 0) is 25.2 Å². The number of hydrogen-bond donors (Lipinski definition) is 1. The van der Waals surface area contributed by atoms with Crippen LogP contribution >= 0.6 is 0 Å². The van der Waals surface area contributed by atoms with Crippen molar-refractivity contribution in [2.45, 2.75) is 45.3 Å². The van der Waals surface area contributed by atoms with Gasteiger partial charge in [-0.25, -0.2) is 14.8 Å². The van der Waals surface area contributed by atoms with E-state index in [1.54, 1.807) is 4.90 Å². The van der Waals surface area contributed by atoms with Gasteiger partial charge in [0.25, 0.3) is 0 Å². The molecule has 194 valence electrons. The zero-order valence-electron chi connectivity index (χ0n) is 21.8. The number of fused-ring (bicyclic) bond motifs is 1. The molecule has 1 amide bonds. The number of ether oxygens (including phenoxy) is 2. The molecule has 2 aliphatic rings. The Morgan fingerprint density at radius 2 is 1.73 bits per heavy atom. The van der Waals surface area contributed by atoms with Gasteiger partial charge < -0.3 is 29.0 Å². The summed E-state index contributed by atoms with van der Waals surface area (Å²) in [5.74, 6) is 0.400. The SMILES string of the molecule is CC1(C)OB(c2ccc3nc(NCOC(=O)N4CCOCC4)nc(Cc4ccccc4)c3c2)OC1(C)C. The van der Waals surface area contributed by atoms with Gasteiger partial charge in [-0.05, 0) is 44.8 Å². The van der Waals surface area contributed by atoms with Crippen LogP contribution in [0, 0.1) is 0 Å². The van der Waals surface area contributed by atoms with Gasteiger partial charge in [0.2, 0.25) is 5.95 Å². The lowest BCUT2D eigenvalue weighted by atomic mass is 9.78. The number of benzene rings is 2. The molecule has 2 saturated heterocycles. The molecule has 0 bridgehead atoms. The third kappa shape index (κ3) is 5.56. The summed E-state index contributed by atoms with van der Waals surface area (Å²) in [6, 6.07) is 16.2. The Hall–Kier alpha value is -3.21. The number of carbonyl (C=O) groups excluding carboxylic acids is 1. The van der Waals surface area contributed by atoms with E-state index in [0.717, 1.165) is 27.6 Å². The third-order valence-electron chi connectivity index (χ3n) is 7.23. The van der Waals surface area contributed by atoms with Crippen LogP contribution in [0.25, 0.3) is 10.9 Å². The molecule has 1 aromatic heterocycles. The summed E-state index contributed by atoms with van der Waals surface area (Å²) in [6.07, 6.45) is 0.239. The van der Waals surface area contributed by atoms with Crippen molar-refractivity contribution >= 4 is 35.5 Å². The first-order chi connectivity index (χ1) is 17.7. The van der Waals surface area contributed by atoms with Gasteiger partial charge in [0.05, 0.1) is 35.6 Å². The summed E-state index contributed by atoms with van der Waals surface area (Å²) in [5.41, 5.74) is 2.84. The van der Waals surface area contributed by atoms with Crippen LogP contribution in [-0.4, -0.2) is 72.3 Å². The number of rotatable bonds is 6. The monoisotopic (exact) mass is 504 g/mol. The minimum absolute atomic E-state index is 0.0293. The second kappa shape index (κ2) is 10.3. The Balaban J connectivity index is 1.39. The van der Waals surface area contributed by atoms with Crippen molar-refractivity contribution in [1.82, 2.24) is 14.9 Å². The lowest BCUT2D eigenvalue weighted by Crippen LogP contribution is -2.41. The number of morpholine rings is 1. The lowest BCUT2D eigenvalue weighted by Gasteiger charge is -2.32. The Morgan fingerprint density at radius 3 is 2.43 bits per heavy atom. The van der Waals surface area contributed by atoms with Gasteiger partial charge in [-0.3, -0.25) is 0 Å². The fourth-order valence-electron chi connectivity index (χ4n) is 4.34. The summed E-state index contributed by atoms with van der Waals surface area (Å²) in [5, 5.41) is 3.97. The fraction of sp³-hybridized carbons (Fsp3) is 0.444. The van der Waals surface area contributed by atoms with Crippen LogP contribution in [0.15, 0.2) is 48.5 Å². The second-order valence-corrected chi connectivity index (χ2v) is 10.4. The van der Waals surface area contributed by atoms with E-state index >= 15 is 0 Å². The molecule has 0 saturated carbocycles. The Labute approximate surface area is 217 Å². The third-order valence-corrected chi connectivity index (χ3v) is 7.23. The highest BCUT2D eigenvalue weighted by Crippen LogP contribution is 2.36. The number of amides is 1. The number of anilines is 1. The first kappa shape index (κ1) is 25.4. The molecule has 9 nitrogen and oxygen atoms in total. The first-order valence-corrected chi connectivity index (χ1v) is 12.7. The predicted octanol–water partition coefficient (Wildman–Crippen LogP) is 3.36. The van der Waals surface area contributed by atoms with Gasteiger partial charge in [0.1, 0.15) is 0 Å². The van der Waals surface area contributed by atoms with Crippen molar-refractivity contribution < 1.29 is 23.6 Å². The summed E-state index contributed by atoms with van der Waals surface area (Å²) in [4.78, 5) is 23.4. The number of nitrogens with one attached hydrogen (secondary N) is 1. The van der Waals surface area contributed by atoms with Crippen LogP contribution in [0.5, 0.6) is 0 Å². The lowest BCUT2D eigenvalue weighted by molar-refractivity contribution is 0.00578. The summed E-state index contributed by atoms with van der Waals surface area (Å²) >= 11 is 0. The van der Waals surface area contributed by atoms with Crippen LogP contribution in [0.4, 0.5) is 10.7 Å². The van der Waals surface area contributed by atoms with Gasteiger partial charge in [-0.2, -0.15) is 0 Å². The molecule has 2 aromatic carbocycles. The quantitative estimate of drug-likeness (QED) is 0.404. The highest BCUT2D eigenvalue weighted by molar-refractivity contribution is 6.62. The van der Waals surface area contributed by atoms with Gasteiger partial charge in [-0.1, -0.05) is 42.5 Å². The average molecular weight is 504 g/mol. The van der Waals surface area contributed by atoms with E-state index in [9.17, 15) is 4.79 Å². The molecule has 1 N–H and O–H groups in total. The molecule has 37 heavy (non-hydrogen) atoms. The zero-order valence-corrected chi connectivity index (χ0v) is 21.8. The van der Waals surface area contributed by atoms with Crippen LogP contribution in [0.1, 0.15) is 39.0 Å². The highest BCUT2D eigenvalue weighted by atomic mass is 16.7. The van der Waals surface area contributed by atoms with E-state index in [1.165, 1.54) is 0 Å². The fourth-order valence-corrected chi connectivity index (χ4v) is 4.34. The molecular weight excluding hydrogens is 471 g/mol. The second-order valence-electron chi connectivity index (χ2n) is 10.4. The van der Waals surface area contributed by atoms with Crippen molar-refractivity contribution in [3.63, 3.8) is 0 Å². The molecule has 0 aliphatic carbocycles. The topological polar surface area (TPSA) is 95.0 Å². The predicted molar refractivity (Wildman–Crippen MR) is 142 cm³/mol. The maximum atomic E-state index is 12.3. The van der Waals surface area contributed by atoms with Gasteiger partial charge in [-0.15, -0.1) is 0 Å². The molecule has 0 spiro atoms. The molecule has 3 aromatic rings. The molecule has 10 heteroatoms. The normalized spacial score (nSPS) is 18.7. The van der Waals surface area contributed by atoms with Gasteiger partial charge >= 0.3 is 13.2 Å². The van der Waals surface area contributed by atoms with Crippen LogP contribution in [0.3, 0.4) is 0 Å². The molecule has 0 atom stereocenters. The number of aromatic nitrogens is 2. The van der Waals surface area contributed by atoms with E-state index in [4.69, 9.17) is 23.8 Å². The van der Waals surface area contributed by atoms with Crippen molar-refractivity contribution in [2.24, 2.45) is 0 Å². The summed E-state index contributed by atoms with van der Waals surface area (Å²) in [6.45, 7) is 10.2. The molecule has 0 unspecified atom stereocenters. The summed E-state index contributed by atoms with van der Waals surface area (Å²) < 4.78 is 23.2. The van der Waals surface area contributed by atoms with Gasteiger partial charge in [0, 0.05) is 24.9 Å². The van der Waals surface area contributed by atoms with Crippen molar-refractivity contribution in [3.8, 4) is 0 Å². The first-order valence-electron chi connectivity index (χ1n) is 12.7. The molecule has 2 fully saturated rings. The Bertz CT molecular complexity index is 1250. The largest absolute Gasteiger partial charge is 0.494 e. The van der Waals surface area contributed by atoms with E-state index in [2.05, 4.69) is 28.5 Å². The minimum Gasteiger partial charge on any atom is -0.428 e. The standard InChI is InChI=1S/C27H33BN4O5/c1-26(2)27(3,4)37-28(36-26)20-10-11-22-21(17-20)23(16-19-8-6-5-7-9-19)31-24(30-22)29-18-35-25(33)32-12-14-34-15-13-32/h5-11,17H,12-16,18H2,1-4H3,(H,29,30,31). The smallest absolute Gasteiger partial charge is 0.428 e. The molecular formula is C27H33BN4O5. The molecule has 5 rings (SSSR count). The van der Waals surface area contributed by atoms with Crippen LogP contribution < -0.4 is 10.8 Å². The number of hydrogen-bond acceptors (Lipinski definition) is 8. The maximum absolute atomic E-state index is 12.3. The van der Waals surface area contributed by atoms with E-state index < -0.39 is 18.3 Å². The molecule has 3 heterocycles. The van der Waals surface area contributed by atoms with Crippen molar-refractivity contribution in [3.05, 3.63) is 59.8 Å². The van der Waals surface area contributed by atoms with E-state index in [1.807, 2.05) is 58.0 Å². The van der Waals surface area contributed by atoms with Gasteiger partial charge in [0.15, 0.2) is 6.73 Å². The number of nitrogens with zero attached hydrogens (tertiary/aromatic N) is 3.